The number of halogens is 1. The fourth-order valence-corrected chi connectivity index (χ4v) is 5.75. The summed E-state index contributed by atoms with van der Waals surface area (Å²) >= 11 is 7.99. The highest BCUT2D eigenvalue weighted by Crippen LogP contribution is 2.53. The number of hydrogen-bond acceptors (Lipinski definition) is 5. The minimum atomic E-state index is -0.403. The predicted molar refractivity (Wildman–Crippen MR) is 118 cm³/mol. The van der Waals surface area contributed by atoms with Gasteiger partial charge < -0.3 is 20.1 Å². The van der Waals surface area contributed by atoms with Gasteiger partial charge >= 0.3 is 0 Å². The molecular weight excluding hydrogens is 408 g/mol. The summed E-state index contributed by atoms with van der Waals surface area (Å²) in [5.41, 5.74) is 6.87. The van der Waals surface area contributed by atoms with E-state index < -0.39 is 6.04 Å². The highest BCUT2D eigenvalue weighted by Gasteiger charge is 2.51. The molecule has 5 nitrogen and oxygen atoms in total. The molecular formula is C22H31ClN2O3S. The number of amides is 1. The average molecular weight is 439 g/mol. The summed E-state index contributed by atoms with van der Waals surface area (Å²) in [6.07, 6.45) is 4.73. The van der Waals surface area contributed by atoms with Gasteiger partial charge in [0.15, 0.2) is 0 Å². The van der Waals surface area contributed by atoms with Crippen molar-refractivity contribution in [1.82, 2.24) is 4.90 Å². The first-order valence-corrected chi connectivity index (χ1v) is 12.2. The summed E-state index contributed by atoms with van der Waals surface area (Å²) in [5.74, 6) is 2.38. The van der Waals surface area contributed by atoms with Crippen molar-refractivity contribution < 1.29 is 14.3 Å². The SMILES string of the molecule is CSCC[C@@H](N)C(=O)N1CC[C@H]2O[C@H]3c4cc(Cl)ccc4OC(C)(C)[C@@H]3C[C@H]2C1. The molecule has 0 radical (unpaired) electrons. The van der Waals surface area contributed by atoms with E-state index in [1.54, 1.807) is 11.8 Å². The molecule has 0 saturated carbocycles. The summed E-state index contributed by atoms with van der Waals surface area (Å²) in [6.45, 7) is 5.71. The van der Waals surface area contributed by atoms with E-state index in [4.69, 9.17) is 26.8 Å². The summed E-state index contributed by atoms with van der Waals surface area (Å²) in [6, 6.07) is 5.39. The van der Waals surface area contributed by atoms with Gasteiger partial charge in [0.2, 0.25) is 5.91 Å². The minimum absolute atomic E-state index is 0.0141. The zero-order valence-corrected chi connectivity index (χ0v) is 19.0. The maximum Gasteiger partial charge on any atom is 0.239 e. The van der Waals surface area contributed by atoms with Gasteiger partial charge in [-0.3, -0.25) is 4.79 Å². The Labute approximate surface area is 182 Å². The minimum Gasteiger partial charge on any atom is -0.487 e. The third kappa shape index (κ3) is 4.14. The number of carbonyl (C=O) groups excluding carboxylic acids is 1. The zero-order chi connectivity index (χ0) is 20.8. The lowest BCUT2D eigenvalue weighted by Crippen LogP contribution is -2.57. The number of piperidine rings is 1. The van der Waals surface area contributed by atoms with Crippen LogP contribution in [0.15, 0.2) is 18.2 Å². The van der Waals surface area contributed by atoms with Crippen molar-refractivity contribution in [2.45, 2.75) is 57.0 Å². The molecule has 2 saturated heterocycles. The Kier molecular flexibility index (Phi) is 6.09. The van der Waals surface area contributed by atoms with E-state index in [0.29, 0.717) is 17.5 Å². The molecule has 29 heavy (non-hydrogen) atoms. The van der Waals surface area contributed by atoms with Crippen molar-refractivity contribution >= 4 is 29.3 Å². The molecule has 1 amide bonds. The Hall–Kier alpha value is -0.950. The van der Waals surface area contributed by atoms with Crippen molar-refractivity contribution in [1.29, 1.82) is 0 Å². The van der Waals surface area contributed by atoms with Crippen LogP contribution in [0.4, 0.5) is 0 Å². The van der Waals surface area contributed by atoms with Crippen LogP contribution in [-0.4, -0.2) is 53.7 Å². The highest BCUT2D eigenvalue weighted by atomic mass is 35.5. The summed E-state index contributed by atoms with van der Waals surface area (Å²) in [5, 5.41) is 0.705. The van der Waals surface area contributed by atoms with Crippen molar-refractivity contribution in [3.8, 4) is 5.75 Å². The van der Waals surface area contributed by atoms with E-state index in [1.807, 2.05) is 29.4 Å². The third-order valence-electron chi connectivity index (χ3n) is 6.71. The summed E-state index contributed by atoms with van der Waals surface area (Å²) < 4.78 is 13.0. The van der Waals surface area contributed by atoms with E-state index in [1.165, 1.54) is 0 Å². The highest BCUT2D eigenvalue weighted by molar-refractivity contribution is 7.98. The standard InChI is InChI=1S/C22H31ClN2O3S/c1-22(2)16-10-13-12-25(21(26)17(24)7-9-29-3)8-6-18(13)27-20(16)15-11-14(23)4-5-19(15)28-22/h4-5,11,13,16-18,20H,6-10,12,24H2,1-3H3/t13-,16+,17+,18+,20-/m0/s1. The number of rotatable bonds is 4. The fourth-order valence-electron chi connectivity index (χ4n) is 5.08. The van der Waals surface area contributed by atoms with Gasteiger partial charge in [0.1, 0.15) is 11.4 Å². The van der Waals surface area contributed by atoms with E-state index in [9.17, 15) is 4.79 Å². The fraction of sp³-hybridized carbons (Fsp3) is 0.682. The molecule has 2 fully saturated rings. The summed E-state index contributed by atoms with van der Waals surface area (Å²) in [7, 11) is 0. The van der Waals surface area contributed by atoms with Crippen LogP contribution in [-0.2, 0) is 9.53 Å². The molecule has 3 aliphatic rings. The topological polar surface area (TPSA) is 64.8 Å². The lowest BCUT2D eigenvalue weighted by molar-refractivity contribution is -0.189. The third-order valence-corrected chi connectivity index (χ3v) is 7.59. The van der Waals surface area contributed by atoms with Gasteiger partial charge in [-0.15, -0.1) is 0 Å². The lowest BCUT2D eigenvalue weighted by atomic mass is 9.70. The zero-order valence-electron chi connectivity index (χ0n) is 17.4. The normalized spacial score (nSPS) is 31.1. The molecule has 2 N–H and O–H groups in total. The van der Waals surface area contributed by atoms with E-state index in [2.05, 4.69) is 13.8 Å². The number of benzene rings is 1. The molecule has 1 aromatic carbocycles. The molecule has 3 aliphatic heterocycles. The van der Waals surface area contributed by atoms with Crippen molar-refractivity contribution in [3.05, 3.63) is 28.8 Å². The van der Waals surface area contributed by atoms with Crippen LogP contribution in [0.1, 0.15) is 44.8 Å². The number of ether oxygens (including phenoxy) is 2. The van der Waals surface area contributed by atoms with Gasteiger partial charge in [0.05, 0.1) is 18.2 Å². The molecule has 5 atom stereocenters. The molecule has 4 rings (SSSR count). The van der Waals surface area contributed by atoms with E-state index >= 15 is 0 Å². The largest absolute Gasteiger partial charge is 0.487 e. The number of thioether (sulfide) groups is 1. The van der Waals surface area contributed by atoms with Crippen LogP contribution >= 0.6 is 23.4 Å². The van der Waals surface area contributed by atoms with Gasteiger partial charge in [-0.05, 0) is 63.3 Å². The molecule has 3 heterocycles. The molecule has 7 heteroatoms. The second-order valence-corrected chi connectivity index (χ2v) is 10.5. The Morgan fingerprint density at radius 2 is 2.24 bits per heavy atom. The predicted octanol–water partition coefficient (Wildman–Crippen LogP) is 3.89. The monoisotopic (exact) mass is 438 g/mol. The van der Waals surface area contributed by atoms with Gasteiger partial charge in [0, 0.05) is 35.5 Å². The molecule has 160 valence electrons. The van der Waals surface area contributed by atoms with Crippen LogP contribution in [0.25, 0.3) is 0 Å². The Balaban J connectivity index is 1.51. The molecule has 0 bridgehead atoms. The quantitative estimate of drug-likeness (QED) is 0.772. The molecule has 0 aliphatic carbocycles. The number of nitrogens with two attached hydrogens (primary N) is 1. The first-order chi connectivity index (χ1) is 13.8. The van der Waals surface area contributed by atoms with E-state index in [-0.39, 0.29) is 29.6 Å². The second-order valence-electron chi connectivity index (χ2n) is 9.05. The van der Waals surface area contributed by atoms with Crippen LogP contribution in [0.3, 0.4) is 0 Å². The second kappa shape index (κ2) is 8.29. The van der Waals surface area contributed by atoms with Crippen LogP contribution in [0, 0.1) is 11.8 Å². The Morgan fingerprint density at radius 3 is 3.00 bits per heavy atom. The number of fused-ring (bicyclic) bond motifs is 4. The number of likely N-dealkylation sites (tertiary alicyclic amines) is 1. The van der Waals surface area contributed by atoms with Gasteiger partial charge in [-0.1, -0.05) is 11.6 Å². The number of hydrogen-bond donors (Lipinski definition) is 1. The summed E-state index contributed by atoms with van der Waals surface area (Å²) in [4.78, 5) is 14.8. The number of carbonyl (C=O) groups is 1. The van der Waals surface area contributed by atoms with Gasteiger partial charge in [-0.25, -0.2) is 0 Å². The average Bonchev–Trinajstić information content (AvgIpc) is 2.70. The molecule has 0 unspecified atom stereocenters. The smallest absolute Gasteiger partial charge is 0.239 e. The lowest BCUT2D eigenvalue weighted by Gasteiger charge is -2.53. The van der Waals surface area contributed by atoms with Crippen molar-refractivity contribution in [3.63, 3.8) is 0 Å². The first kappa shape index (κ1) is 21.3. The van der Waals surface area contributed by atoms with E-state index in [0.717, 1.165) is 42.9 Å². The van der Waals surface area contributed by atoms with Crippen LogP contribution < -0.4 is 10.5 Å². The Morgan fingerprint density at radius 1 is 1.45 bits per heavy atom. The maximum absolute atomic E-state index is 12.8. The molecule has 0 aromatic heterocycles. The van der Waals surface area contributed by atoms with Gasteiger partial charge in [0.25, 0.3) is 0 Å². The van der Waals surface area contributed by atoms with Gasteiger partial charge in [-0.2, -0.15) is 11.8 Å². The Bertz CT molecular complexity index is 774. The van der Waals surface area contributed by atoms with Crippen molar-refractivity contribution in [2.75, 3.05) is 25.1 Å². The van der Waals surface area contributed by atoms with Crippen LogP contribution in [0.5, 0.6) is 5.75 Å². The first-order valence-electron chi connectivity index (χ1n) is 10.5. The van der Waals surface area contributed by atoms with Crippen LogP contribution in [0.2, 0.25) is 5.02 Å². The molecule has 0 spiro atoms. The molecule has 1 aromatic rings. The van der Waals surface area contributed by atoms with Crippen molar-refractivity contribution in [2.24, 2.45) is 17.6 Å². The maximum atomic E-state index is 12.8. The number of nitrogens with zero attached hydrogens (tertiary/aromatic N) is 1.